The lowest BCUT2D eigenvalue weighted by Gasteiger charge is -2.12. The molecular formula is C12H14N2O6S. The quantitative estimate of drug-likeness (QED) is 0.362. The number of benzene rings is 1. The molecule has 2 N–H and O–H groups in total. The Hall–Kier alpha value is -2.31. The minimum absolute atomic E-state index is 0.0753. The van der Waals surface area contributed by atoms with Gasteiger partial charge in [-0.05, 0) is 6.92 Å². The first-order chi connectivity index (χ1) is 9.81. The van der Waals surface area contributed by atoms with E-state index in [1.807, 2.05) is 0 Å². The maximum absolute atomic E-state index is 11.5. The lowest BCUT2D eigenvalue weighted by Crippen LogP contribution is -2.14. The first kappa shape index (κ1) is 16.7. The predicted octanol–water partition coefficient (Wildman–Crippen LogP) is 1.04. The molecule has 0 spiro atoms. The van der Waals surface area contributed by atoms with E-state index in [1.165, 1.54) is 7.11 Å². The molecule has 0 saturated carbocycles. The third-order valence-corrected chi connectivity index (χ3v) is 3.30. The lowest BCUT2D eigenvalue weighted by molar-refractivity contribution is -0.385. The van der Waals surface area contributed by atoms with Crippen molar-refractivity contribution >= 4 is 15.7 Å². The Bertz CT molecular complexity index is 702. The van der Waals surface area contributed by atoms with Crippen molar-refractivity contribution in [2.45, 2.75) is 18.2 Å². The van der Waals surface area contributed by atoms with E-state index in [1.54, 1.807) is 6.92 Å². The van der Waals surface area contributed by atoms with Crippen molar-refractivity contribution in [3.8, 4) is 23.3 Å². The van der Waals surface area contributed by atoms with E-state index in [0.29, 0.717) is 6.42 Å². The second-order valence-corrected chi connectivity index (χ2v) is 5.33. The highest BCUT2D eigenvalue weighted by Crippen LogP contribution is 2.37. The predicted molar refractivity (Wildman–Crippen MR) is 74.6 cm³/mol. The Morgan fingerprint density at radius 1 is 1.43 bits per heavy atom. The summed E-state index contributed by atoms with van der Waals surface area (Å²) in [6.07, 6.45) is 0.382. The largest absolute Gasteiger partial charge is 0.492 e. The third kappa shape index (κ3) is 4.34. The molecule has 1 aromatic rings. The van der Waals surface area contributed by atoms with E-state index in [9.17, 15) is 18.5 Å². The van der Waals surface area contributed by atoms with Crippen LogP contribution in [-0.2, 0) is 10.0 Å². The van der Waals surface area contributed by atoms with Crippen LogP contribution in [0.3, 0.4) is 0 Å². The van der Waals surface area contributed by atoms with Crippen LogP contribution in [0.15, 0.2) is 17.0 Å². The van der Waals surface area contributed by atoms with Crippen LogP contribution in [0.5, 0.6) is 11.5 Å². The van der Waals surface area contributed by atoms with Gasteiger partial charge in [-0.15, -0.1) is 11.8 Å². The summed E-state index contributed by atoms with van der Waals surface area (Å²) in [6, 6.07) is 1.90. The molecule has 0 unspecified atom stereocenters. The smallest absolute Gasteiger partial charge is 0.274 e. The van der Waals surface area contributed by atoms with Gasteiger partial charge in [0.05, 0.1) is 24.7 Å². The highest BCUT2D eigenvalue weighted by molar-refractivity contribution is 7.89. The Morgan fingerprint density at radius 2 is 2.10 bits per heavy atom. The summed E-state index contributed by atoms with van der Waals surface area (Å²) in [6.45, 7) is 1.79. The molecular weight excluding hydrogens is 300 g/mol. The molecule has 0 atom stereocenters. The van der Waals surface area contributed by atoms with E-state index in [2.05, 4.69) is 11.8 Å². The van der Waals surface area contributed by atoms with Crippen LogP contribution in [0.1, 0.15) is 13.3 Å². The van der Waals surface area contributed by atoms with Gasteiger partial charge in [-0.3, -0.25) is 10.1 Å². The van der Waals surface area contributed by atoms with Crippen LogP contribution >= 0.6 is 0 Å². The van der Waals surface area contributed by atoms with Gasteiger partial charge in [0.25, 0.3) is 5.69 Å². The maximum atomic E-state index is 11.5. The number of non-ortho nitro benzene ring substituents is 1. The molecule has 0 amide bonds. The summed E-state index contributed by atoms with van der Waals surface area (Å²) in [7, 11) is -2.98. The van der Waals surface area contributed by atoms with Gasteiger partial charge in [0.15, 0.2) is 11.5 Å². The average Bonchev–Trinajstić information content (AvgIpc) is 2.41. The van der Waals surface area contributed by atoms with Crippen LogP contribution < -0.4 is 14.6 Å². The van der Waals surface area contributed by atoms with Crippen molar-refractivity contribution in [1.29, 1.82) is 0 Å². The molecule has 0 saturated heterocycles. The van der Waals surface area contributed by atoms with Gasteiger partial charge < -0.3 is 9.47 Å². The molecule has 1 rings (SSSR count). The number of nitrogens with two attached hydrogens (primary N) is 1. The fraction of sp³-hybridized carbons (Fsp3) is 0.333. The number of ether oxygens (including phenoxy) is 2. The highest BCUT2D eigenvalue weighted by atomic mass is 32.2. The Balaban J connectivity index is 3.34. The normalized spacial score (nSPS) is 10.4. The van der Waals surface area contributed by atoms with Gasteiger partial charge in [-0.25, -0.2) is 13.6 Å². The third-order valence-electron chi connectivity index (χ3n) is 2.39. The standard InChI is InChI=1S/C12H14N2O6S/c1-3-4-5-6-20-10-7-9(14(15)16)8-11(12(10)19-2)21(13,17)18/h7-8H,5-6H2,1-2H3,(H2,13,17,18). The number of primary sulfonamides is 1. The van der Waals surface area contributed by atoms with Gasteiger partial charge in [-0.1, -0.05) is 0 Å². The molecule has 0 aliphatic rings. The SMILES string of the molecule is CC#CCCOc1cc([N+](=O)[O-])cc(S(N)(=O)=O)c1OC. The molecule has 0 fully saturated rings. The van der Waals surface area contributed by atoms with Crippen molar-refractivity contribution in [1.82, 2.24) is 0 Å². The van der Waals surface area contributed by atoms with E-state index in [-0.39, 0.29) is 18.1 Å². The lowest BCUT2D eigenvalue weighted by atomic mass is 10.2. The average molecular weight is 314 g/mol. The van der Waals surface area contributed by atoms with Crippen LogP contribution in [0.25, 0.3) is 0 Å². The summed E-state index contributed by atoms with van der Waals surface area (Å²) in [5.41, 5.74) is -0.462. The van der Waals surface area contributed by atoms with E-state index >= 15 is 0 Å². The molecule has 114 valence electrons. The first-order valence-corrected chi connectivity index (χ1v) is 7.27. The fourth-order valence-electron chi connectivity index (χ4n) is 1.52. The molecule has 0 aromatic heterocycles. The second-order valence-electron chi connectivity index (χ2n) is 3.80. The summed E-state index contributed by atoms with van der Waals surface area (Å²) >= 11 is 0. The van der Waals surface area contributed by atoms with Gasteiger partial charge in [0.1, 0.15) is 4.90 Å². The van der Waals surface area contributed by atoms with Crippen LogP contribution in [0, 0.1) is 22.0 Å². The van der Waals surface area contributed by atoms with Crippen molar-refractivity contribution in [3.05, 3.63) is 22.2 Å². The number of nitro groups is 1. The van der Waals surface area contributed by atoms with E-state index in [0.717, 1.165) is 12.1 Å². The summed E-state index contributed by atoms with van der Waals surface area (Å²) in [5.74, 6) is 5.16. The van der Waals surface area contributed by atoms with Crippen LogP contribution in [0.2, 0.25) is 0 Å². The highest BCUT2D eigenvalue weighted by Gasteiger charge is 2.25. The Kier molecular flexibility index (Phi) is 5.52. The number of nitro benzene ring substituents is 1. The first-order valence-electron chi connectivity index (χ1n) is 5.73. The Morgan fingerprint density at radius 3 is 2.57 bits per heavy atom. The van der Waals surface area contributed by atoms with Gasteiger partial charge >= 0.3 is 0 Å². The zero-order chi connectivity index (χ0) is 16.0. The van der Waals surface area contributed by atoms with Gasteiger partial charge in [0, 0.05) is 12.5 Å². The van der Waals surface area contributed by atoms with Crippen LogP contribution in [-0.4, -0.2) is 27.1 Å². The zero-order valence-corrected chi connectivity index (χ0v) is 12.3. The summed E-state index contributed by atoms with van der Waals surface area (Å²) in [4.78, 5) is 9.61. The fourth-order valence-corrected chi connectivity index (χ4v) is 2.25. The van der Waals surface area contributed by atoms with Gasteiger partial charge in [-0.2, -0.15) is 0 Å². The number of hydrogen-bond donors (Lipinski definition) is 1. The summed E-state index contributed by atoms with van der Waals surface area (Å²) in [5, 5.41) is 15.9. The number of methoxy groups -OCH3 is 1. The van der Waals surface area contributed by atoms with Gasteiger partial charge in [0.2, 0.25) is 10.0 Å². The maximum Gasteiger partial charge on any atom is 0.274 e. The summed E-state index contributed by atoms with van der Waals surface area (Å²) < 4.78 is 33.3. The topological polar surface area (TPSA) is 122 Å². The molecule has 8 nitrogen and oxygen atoms in total. The number of nitrogens with zero attached hydrogens (tertiary/aromatic N) is 1. The number of rotatable bonds is 6. The minimum atomic E-state index is -4.20. The van der Waals surface area contributed by atoms with Crippen molar-refractivity contribution in [3.63, 3.8) is 0 Å². The second kappa shape index (κ2) is 6.92. The molecule has 9 heteroatoms. The molecule has 0 aliphatic carbocycles. The molecule has 0 radical (unpaired) electrons. The monoisotopic (exact) mass is 314 g/mol. The minimum Gasteiger partial charge on any atom is -0.492 e. The Labute approximate surface area is 122 Å². The van der Waals surface area contributed by atoms with Crippen molar-refractivity contribution < 1.29 is 22.8 Å². The van der Waals surface area contributed by atoms with E-state index in [4.69, 9.17) is 14.6 Å². The zero-order valence-electron chi connectivity index (χ0n) is 11.5. The van der Waals surface area contributed by atoms with Crippen molar-refractivity contribution in [2.24, 2.45) is 5.14 Å². The van der Waals surface area contributed by atoms with Crippen molar-refractivity contribution in [2.75, 3.05) is 13.7 Å². The molecule has 0 heterocycles. The molecule has 0 bridgehead atoms. The van der Waals surface area contributed by atoms with E-state index < -0.39 is 25.5 Å². The number of hydrogen-bond acceptors (Lipinski definition) is 6. The molecule has 21 heavy (non-hydrogen) atoms. The molecule has 1 aromatic carbocycles. The van der Waals surface area contributed by atoms with Crippen LogP contribution in [0.4, 0.5) is 5.69 Å². The molecule has 0 aliphatic heterocycles. The number of sulfonamides is 1.